The molecule has 0 saturated heterocycles. The number of benzene rings is 1. The number of aromatic carboxylic acids is 1. The van der Waals surface area contributed by atoms with Gasteiger partial charge in [0.15, 0.2) is 5.69 Å². The second-order valence-electron chi connectivity index (χ2n) is 4.68. The number of nitrogens with zero attached hydrogens (tertiary/aromatic N) is 2. The number of hydrogen-bond donors (Lipinski definition) is 2. The lowest BCUT2D eigenvalue weighted by atomic mass is 10.1. The quantitative estimate of drug-likeness (QED) is 0.600. The van der Waals surface area contributed by atoms with Gasteiger partial charge in [-0.25, -0.2) is 4.79 Å². The maximum absolute atomic E-state index is 11.3. The highest BCUT2D eigenvalue weighted by atomic mass is 16.5. The van der Waals surface area contributed by atoms with Crippen molar-refractivity contribution in [2.45, 2.75) is 6.92 Å². The predicted molar refractivity (Wildman–Crippen MR) is 80.6 cm³/mol. The highest BCUT2D eigenvalue weighted by molar-refractivity contribution is 6.02. The first-order chi connectivity index (χ1) is 10.1. The number of anilines is 1. The molecular formula is C15H17N3O3. The minimum atomic E-state index is -1.11. The van der Waals surface area contributed by atoms with Gasteiger partial charge in [-0.15, -0.1) is 10.2 Å². The highest BCUT2D eigenvalue weighted by Gasteiger charge is 2.15. The van der Waals surface area contributed by atoms with Crippen molar-refractivity contribution in [1.82, 2.24) is 10.2 Å². The third-order valence-electron chi connectivity index (χ3n) is 2.77. The summed E-state index contributed by atoms with van der Waals surface area (Å²) in [7, 11) is 0. The smallest absolute Gasteiger partial charge is 0.358 e. The largest absolute Gasteiger partial charge is 0.476 e. The fraction of sp³-hybridized carbons (Fsp3) is 0.267. The van der Waals surface area contributed by atoms with Crippen LogP contribution in [0.1, 0.15) is 17.4 Å². The van der Waals surface area contributed by atoms with Gasteiger partial charge >= 0.3 is 5.97 Å². The van der Waals surface area contributed by atoms with Crippen LogP contribution in [0.25, 0.3) is 10.9 Å². The van der Waals surface area contributed by atoms with E-state index in [0.717, 1.165) is 11.0 Å². The van der Waals surface area contributed by atoms with Crippen LogP contribution in [-0.2, 0) is 4.74 Å². The first-order valence-electron chi connectivity index (χ1n) is 6.54. The molecule has 0 radical (unpaired) electrons. The molecule has 21 heavy (non-hydrogen) atoms. The zero-order valence-electron chi connectivity index (χ0n) is 11.8. The fourth-order valence-electron chi connectivity index (χ4n) is 1.88. The van der Waals surface area contributed by atoms with Crippen molar-refractivity contribution >= 4 is 22.6 Å². The van der Waals surface area contributed by atoms with Crippen LogP contribution >= 0.6 is 0 Å². The van der Waals surface area contributed by atoms with E-state index in [0.29, 0.717) is 31.0 Å². The molecule has 6 heteroatoms. The number of rotatable bonds is 7. The first kappa shape index (κ1) is 14.9. The molecule has 0 amide bonds. The predicted octanol–water partition coefficient (Wildman–Crippen LogP) is 2.33. The van der Waals surface area contributed by atoms with Gasteiger partial charge in [0, 0.05) is 11.9 Å². The molecule has 2 rings (SSSR count). The third kappa shape index (κ3) is 3.76. The van der Waals surface area contributed by atoms with Crippen molar-refractivity contribution in [3.8, 4) is 0 Å². The summed E-state index contributed by atoms with van der Waals surface area (Å²) in [4.78, 5) is 11.3. The van der Waals surface area contributed by atoms with Crippen molar-refractivity contribution < 1.29 is 14.6 Å². The van der Waals surface area contributed by atoms with Crippen LogP contribution in [0.5, 0.6) is 0 Å². The monoisotopic (exact) mass is 287 g/mol. The number of nitrogens with one attached hydrogen (secondary N) is 1. The Labute approximate surface area is 122 Å². The van der Waals surface area contributed by atoms with Gasteiger partial charge in [0.25, 0.3) is 0 Å². The Morgan fingerprint density at radius 2 is 2.14 bits per heavy atom. The summed E-state index contributed by atoms with van der Waals surface area (Å²) < 4.78 is 5.38. The number of carbonyl (C=O) groups is 1. The third-order valence-corrected chi connectivity index (χ3v) is 2.77. The number of ether oxygens (including phenoxy) is 1. The van der Waals surface area contributed by atoms with Crippen LogP contribution in [0.2, 0.25) is 0 Å². The summed E-state index contributed by atoms with van der Waals surface area (Å²) in [6, 6.07) is 7.26. The Morgan fingerprint density at radius 3 is 2.86 bits per heavy atom. The summed E-state index contributed by atoms with van der Waals surface area (Å²) in [6.07, 6.45) is 0. The van der Waals surface area contributed by atoms with Crippen LogP contribution in [0, 0.1) is 0 Å². The van der Waals surface area contributed by atoms with Crippen molar-refractivity contribution in [1.29, 1.82) is 0 Å². The summed E-state index contributed by atoms with van der Waals surface area (Å²) in [5.41, 5.74) is 1.96. The summed E-state index contributed by atoms with van der Waals surface area (Å²) in [6.45, 7) is 7.04. The molecule has 1 aromatic carbocycles. The highest BCUT2D eigenvalue weighted by Crippen LogP contribution is 2.23. The van der Waals surface area contributed by atoms with Gasteiger partial charge in [-0.2, -0.15) is 0 Å². The SMILES string of the molecule is C=C(C)COCCNc1c(C(=O)O)nnc2ccccc12. The Hall–Kier alpha value is -2.47. The standard InChI is InChI=1S/C15H17N3O3/c1-10(2)9-21-8-7-16-13-11-5-3-4-6-12(11)17-18-14(13)15(19)20/h3-6H,1,7-9H2,2H3,(H,16,17)(H,19,20). The molecule has 2 N–H and O–H groups in total. The van der Waals surface area contributed by atoms with Crippen molar-refractivity contribution in [3.63, 3.8) is 0 Å². The molecule has 1 heterocycles. The lowest BCUT2D eigenvalue weighted by Crippen LogP contribution is -2.15. The first-order valence-corrected chi connectivity index (χ1v) is 6.54. The second kappa shape index (κ2) is 6.81. The molecule has 0 aliphatic heterocycles. The van der Waals surface area contributed by atoms with Crippen LogP contribution in [0.3, 0.4) is 0 Å². The lowest BCUT2D eigenvalue weighted by molar-refractivity contribution is 0.0690. The van der Waals surface area contributed by atoms with Crippen molar-refractivity contribution in [2.75, 3.05) is 25.1 Å². The number of carboxylic acid groups (broad SMARTS) is 1. The zero-order valence-corrected chi connectivity index (χ0v) is 11.8. The minimum absolute atomic E-state index is 0.0893. The maximum Gasteiger partial charge on any atom is 0.358 e. The lowest BCUT2D eigenvalue weighted by Gasteiger charge is -2.11. The molecular weight excluding hydrogens is 270 g/mol. The van der Waals surface area contributed by atoms with E-state index < -0.39 is 5.97 Å². The van der Waals surface area contributed by atoms with Gasteiger partial charge in [-0.05, 0) is 13.0 Å². The van der Waals surface area contributed by atoms with E-state index >= 15 is 0 Å². The molecule has 6 nitrogen and oxygen atoms in total. The van der Waals surface area contributed by atoms with Gasteiger partial charge in [0.05, 0.1) is 24.4 Å². The Balaban J connectivity index is 2.17. The topological polar surface area (TPSA) is 84.3 Å². The Kier molecular flexibility index (Phi) is 4.84. The molecule has 0 fully saturated rings. The van der Waals surface area contributed by atoms with Crippen molar-refractivity contribution in [3.05, 3.63) is 42.1 Å². The average Bonchev–Trinajstić information content (AvgIpc) is 2.46. The average molecular weight is 287 g/mol. The molecule has 0 atom stereocenters. The molecule has 0 bridgehead atoms. The van der Waals surface area contributed by atoms with Gasteiger partial charge in [-0.3, -0.25) is 0 Å². The van der Waals surface area contributed by atoms with E-state index in [1.54, 1.807) is 6.07 Å². The summed E-state index contributed by atoms with van der Waals surface area (Å²) in [5, 5.41) is 20.7. The summed E-state index contributed by atoms with van der Waals surface area (Å²) in [5.74, 6) is -1.11. The molecule has 2 aromatic rings. The maximum atomic E-state index is 11.3. The molecule has 0 spiro atoms. The van der Waals surface area contributed by atoms with Gasteiger partial charge in [-0.1, -0.05) is 30.4 Å². The number of hydrogen-bond acceptors (Lipinski definition) is 5. The Bertz CT molecular complexity index is 670. The Morgan fingerprint density at radius 1 is 1.38 bits per heavy atom. The zero-order chi connectivity index (χ0) is 15.2. The molecule has 0 unspecified atom stereocenters. The van der Waals surface area contributed by atoms with Crippen LogP contribution in [0.4, 0.5) is 5.69 Å². The normalized spacial score (nSPS) is 10.5. The summed E-state index contributed by atoms with van der Waals surface area (Å²) >= 11 is 0. The van der Waals surface area contributed by atoms with Gasteiger partial charge in [0.1, 0.15) is 0 Å². The number of aromatic nitrogens is 2. The molecule has 0 aliphatic rings. The minimum Gasteiger partial charge on any atom is -0.476 e. The van der Waals surface area contributed by atoms with Gasteiger partial charge in [0.2, 0.25) is 0 Å². The number of carboxylic acids is 1. The molecule has 0 aliphatic carbocycles. The second-order valence-corrected chi connectivity index (χ2v) is 4.68. The van der Waals surface area contributed by atoms with E-state index in [2.05, 4.69) is 22.1 Å². The van der Waals surface area contributed by atoms with Crippen LogP contribution in [0.15, 0.2) is 36.4 Å². The van der Waals surface area contributed by atoms with Crippen LogP contribution in [-0.4, -0.2) is 41.0 Å². The van der Waals surface area contributed by atoms with E-state index in [1.807, 2.05) is 25.1 Å². The fourth-order valence-corrected chi connectivity index (χ4v) is 1.88. The van der Waals surface area contributed by atoms with Crippen LogP contribution < -0.4 is 5.32 Å². The van der Waals surface area contributed by atoms with E-state index in [4.69, 9.17) is 4.74 Å². The number of fused-ring (bicyclic) bond motifs is 1. The van der Waals surface area contributed by atoms with Gasteiger partial charge < -0.3 is 15.2 Å². The van der Waals surface area contributed by atoms with Crippen molar-refractivity contribution in [2.24, 2.45) is 0 Å². The van der Waals surface area contributed by atoms with E-state index in [9.17, 15) is 9.90 Å². The van der Waals surface area contributed by atoms with E-state index in [-0.39, 0.29) is 5.69 Å². The van der Waals surface area contributed by atoms with E-state index in [1.165, 1.54) is 0 Å². The molecule has 0 saturated carbocycles. The molecule has 110 valence electrons. The molecule has 1 aromatic heterocycles.